The Balaban J connectivity index is 2.82. The Morgan fingerprint density at radius 1 is 1.45 bits per heavy atom. The summed E-state index contributed by atoms with van der Waals surface area (Å²) in [5, 5.41) is 0. The van der Waals surface area contributed by atoms with Crippen LogP contribution in [0.15, 0.2) is 30.8 Å². The molecule has 0 nitrogen and oxygen atoms in total. The zero-order chi connectivity index (χ0) is 8.10. The first-order valence-corrected chi connectivity index (χ1v) is 4.17. The van der Waals surface area contributed by atoms with Crippen molar-refractivity contribution in [1.82, 2.24) is 0 Å². The molecule has 0 saturated heterocycles. The second-order valence-corrected chi connectivity index (χ2v) is 2.77. The number of hydrogen-bond acceptors (Lipinski definition) is 0. The first kappa shape index (κ1) is 8.35. The first-order valence-electron chi connectivity index (χ1n) is 3.64. The molecular formula is C10H11Cl. The average Bonchev–Trinajstić information content (AvgIpc) is 2.06. The highest BCUT2D eigenvalue weighted by atomic mass is 35.5. The van der Waals surface area contributed by atoms with Crippen molar-refractivity contribution in [3.05, 3.63) is 42.0 Å². The molecule has 0 atom stereocenters. The smallest absolute Gasteiger partial charge is 0.0263 e. The molecule has 1 aromatic carbocycles. The monoisotopic (exact) mass is 166 g/mol. The van der Waals surface area contributed by atoms with Crippen molar-refractivity contribution in [3.63, 3.8) is 0 Å². The van der Waals surface area contributed by atoms with Gasteiger partial charge in [-0.1, -0.05) is 36.9 Å². The SMILES string of the molecule is C=Cc1cccc(CCCl)c1. The molecule has 0 fully saturated rings. The van der Waals surface area contributed by atoms with E-state index < -0.39 is 0 Å². The summed E-state index contributed by atoms with van der Waals surface area (Å²) in [6, 6.07) is 8.24. The highest BCUT2D eigenvalue weighted by Crippen LogP contribution is 2.07. The van der Waals surface area contributed by atoms with Gasteiger partial charge < -0.3 is 0 Å². The van der Waals surface area contributed by atoms with Crippen LogP contribution in [0.5, 0.6) is 0 Å². The lowest BCUT2D eigenvalue weighted by Gasteiger charge is -1.98. The predicted molar refractivity (Wildman–Crippen MR) is 51.0 cm³/mol. The summed E-state index contributed by atoms with van der Waals surface area (Å²) < 4.78 is 0. The van der Waals surface area contributed by atoms with E-state index in [-0.39, 0.29) is 0 Å². The topological polar surface area (TPSA) is 0 Å². The zero-order valence-electron chi connectivity index (χ0n) is 6.39. The van der Waals surface area contributed by atoms with E-state index in [2.05, 4.69) is 18.7 Å². The Hall–Kier alpha value is -0.750. The molecule has 0 radical (unpaired) electrons. The van der Waals surface area contributed by atoms with Crippen LogP contribution in [0.4, 0.5) is 0 Å². The van der Waals surface area contributed by atoms with Crippen LogP contribution in [0.2, 0.25) is 0 Å². The van der Waals surface area contributed by atoms with Crippen molar-refractivity contribution < 1.29 is 0 Å². The fourth-order valence-electron chi connectivity index (χ4n) is 0.985. The highest BCUT2D eigenvalue weighted by Gasteiger charge is 1.91. The molecule has 0 aliphatic rings. The van der Waals surface area contributed by atoms with Crippen LogP contribution in [0, 0.1) is 0 Å². The van der Waals surface area contributed by atoms with E-state index in [0.717, 1.165) is 12.0 Å². The minimum absolute atomic E-state index is 0.681. The minimum Gasteiger partial charge on any atom is -0.126 e. The van der Waals surface area contributed by atoms with Crippen LogP contribution in [-0.4, -0.2) is 5.88 Å². The van der Waals surface area contributed by atoms with Gasteiger partial charge in [0, 0.05) is 5.88 Å². The van der Waals surface area contributed by atoms with Gasteiger partial charge in [-0.3, -0.25) is 0 Å². The van der Waals surface area contributed by atoms with Crippen molar-refractivity contribution in [3.8, 4) is 0 Å². The van der Waals surface area contributed by atoms with E-state index in [1.54, 1.807) is 0 Å². The lowest BCUT2D eigenvalue weighted by atomic mass is 10.1. The second-order valence-electron chi connectivity index (χ2n) is 2.39. The number of rotatable bonds is 3. The zero-order valence-corrected chi connectivity index (χ0v) is 7.14. The first-order chi connectivity index (χ1) is 5.36. The molecule has 1 aromatic rings. The van der Waals surface area contributed by atoms with Crippen LogP contribution >= 0.6 is 11.6 Å². The van der Waals surface area contributed by atoms with Gasteiger partial charge in [-0.05, 0) is 17.5 Å². The number of benzene rings is 1. The number of alkyl halides is 1. The molecular weight excluding hydrogens is 156 g/mol. The molecule has 1 heteroatoms. The van der Waals surface area contributed by atoms with Crippen LogP contribution in [0.1, 0.15) is 11.1 Å². The number of hydrogen-bond donors (Lipinski definition) is 0. The molecule has 58 valence electrons. The van der Waals surface area contributed by atoms with Crippen molar-refractivity contribution >= 4 is 17.7 Å². The fraction of sp³-hybridized carbons (Fsp3) is 0.200. The third-order valence-corrected chi connectivity index (χ3v) is 1.76. The molecule has 1 rings (SSSR count). The average molecular weight is 167 g/mol. The molecule has 0 saturated carbocycles. The van der Waals surface area contributed by atoms with Gasteiger partial charge in [0.1, 0.15) is 0 Å². The second kappa shape index (κ2) is 4.20. The lowest BCUT2D eigenvalue weighted by molar-refractivity contribution is 1.15. The van der Waals surface area contributed by atoms with Gasteiger partial charge in [0.25, 0.3) is 0 Å². The van der Waals surface area contributed by atoms with E-state index in [4.69, 9.17) is 11.6 Å². The third kappa shape index (κ3) is 2.39. The summed E-state index contributed by atoms with van der Waals surface area (Å²) in [6.07, 6.45) is 2.78. The van der Waals surface area contributed by atoms with Crippen LogP contribution in [0.25, 0.3) is 6.08 Å². The minimum atomic E-state index is 0.681. The Labute approximate surface area is 72.5 Å². The maximum absolute atomic E-state index is 5.61. The molecule has 0 amide bonds. The normalized spacial score (nSPS) is 9.55. The van der Waals surface area contributed by atoms with Crippen LogP contribution in [0.3, 0.4) is 0 Å². The quantitative estimate of drug-likeness (QED) is 0.606. The predicted octanol–water partition coefficient (Wildman–Crippen LogP) is 3.11. The molecule has 0 aromatic heterocycles. The van der Waals surface area contributed by atoms with Crippen molar-refractivity contribution in [1.29, 1.82) is 0 Å². The van der Waals surface area contributed by atoms with E-state index >= 15 is 0 Å². The molecule has 0 unspecified atom stereocenters. The van der Waals surface area contributed by atoms with Gasteiger partial charge in [0.05, 0.1) is 0 Å². The molecule has 0 N–H and O–H groups in total. The Kier molecular flexibility index (Phi) is 3.18. The van der Waals surface area contributed by atoms with E-state index in [1.807, 2.05) is 18.2 Å². The summed E-state index contributed by atoms with van der Waals surface area (Å²) in [6.45, 7) is 3.70. The lowest BCUT2D eigenvalue weighted by Crippen LogP contribution is -1.85. The van der Waals surface area contributed by atoms with Gasteiger partial charge in [-0.2, -0.15) is 0 Å². The van der Waals surface area contributed by atoms with Crippen molar-refractivity contribution in [2.24, 2.45) is 0 Å². The van der Waals surface area contributed by atoms with Gasteiger partial charge in [-0.25, -0.2) is 0 Å². The van der Waals surface area contributed by atoms with Crippen LogP contribution in [-0.2, 0) is 6.42 Å². The van der Waals surface area contributed by atoms with Crippen molar-refractivity contribution in [2.45, 2.75) is 6.42 Å². The Morgan fingerprint density at radius 2 is 2.27 bits per heavy atom. The van der Waals surface area contributed by atoms with Gasteiger partial charge in [0.15, 0.2) is 0 Å². The standard InChI is InChI=1S/C10H11Cl/c1-2-9-4-3-5-10(8-9)6-7-11/h2-5,8H,1,6-7H2. The van der Waals surface area contributed by atoms with Crippen molar-refractivity contribution in [2.75, 3.05) is 5.88 Å². The van der Waals surface area contributed by atoms with E-state index in [0.29, 0.717) is 5.88 Å². The van der Waals surface area contributed by atoms with E-state index in [1.165, 1.54) is 5.56 Å². The summed E-state index contributed by atoms with van der Waals surface area (Å²) in [5.41, 5.74) is 2.44. The van der Waals surface area contributed by atoms with Crippen LogP contribution < -0.4 is 0 Å². The van der Waals surface area contributed by atoms with Gasteiger partial charge >= 0.3 is 0 Å². The molecule has 0 heterocycles. The molecule has 0 spiro atoms. The van der Waals surface area contributed by atoms with Gasteiger partial charge in [0.2, 0.25) is 0 Å². The van der Waals surface area contributed by atoms with E-state index in [9.17, 15) is 0 Å². The Morgan fingerprint density at radius 3 is 2.91 bits per heavy atom. The fourth-order valence-corrected chi connectivity index (χ4v) is 1.20. The highest BCUT2D eigenvalue weighted by molar-refractivity contribution is 6.17. The summed E-state index contributed by atoms with van der Waals surface area (Å²) in [5.74, 6) is 0.681. The summed E-state index contributed by atoms with van der Waals surface area (Å²) in [7, 11) is 0. The Bertz CT molecular complexity index is 240. The molecule has 0 aliphatic carbocycles. The third-order valence-electron chi connectivity index (χ3n) is 1.57. The maximum Gasteiger partial charge on any atom is 0.0263 e. The maximum atomic E-state index is 5.61. The summed E-state index contributed by atoms with van der Waals surface area (Å²) >= 11 is 5.61. The summed E-state index contributed by atoms with van der Waals surface area (Å²) in [4.78, 5) is 0. The largest absolute Gasteiger partial charge is 0.126 e. The molecule has 0 bridgehead atoms. The number of halogens is 1. The molecule has 0 aliphatic heterocycles. The van der Waals surface area contributed by atoms with Gasteiger partial charge in [-0.15, -0.1) is 11.6 Å². The number of aryl methyl sites for hydroxylation is 1. The molecule has 11 heavy (non-hydrogen) atoms.